The Morgan fingerprint density at radius 1 is 1.38 bits per heavy atom. The van der Waals surface area contributed by atoms with Crippen LogP contribution in [0.5, 0.6) is 11.8 Å². The molecule has 0 aliphatic heterocycles. The Morgan fingerprint density at radius 3 is 2.54 bits per heavy atom. The minimum absolute atomic E-state index is 0.128. The summed E-state index contributed by atoms with van der Waals surface area (Å²) in [4.78, 5) is 7.74. The van der Waals surface area contributed by atoms with E-state index in [9.17, 15) is 0 Å². The zero-order chi connectivity index (χ0) is 9.84. The van der Waals surface area contributed by atoms with Crippen LogP contribution in [0.3, 0.4) is 0 Å². The van der Waals surface area contributed by atoms with Gasteiger partial charge in [0.15, 0.2) is 0 Å². The average molecular weight is 248 g/mol. The van der Waals surface area contributed by atoms with Gasteiger partial charge in [0.05, 0.1) is 13.7 Å². The van der Waals surface area contributed by atoms with Crippen molar-refractivity contribution in [2.24, 2.45) is 0 Å². The minimum Gasteiger partial charge on any atom is -0.480 e. The fraction of sp³-hybridized carbons (Fsp3) is 0.429. The van der Waals surface area contributed by atoms with Crippen LogP contribution < -0.4 is 15.2 Å². The number of halogens is 1. The molecule has 1 aromatic heterocycles. The van der Waals surface area contributed by atoms with E-state index in [0.29, 0.717) is 22.8 Å². The second kappa shape index (κ2) is 4.27. The van der Waals surface area contributed by atoms with Gasteiger partial charge < -0.3 is 15.2 Å². The van der Waals surface area contributed by atoms with E-state index in [1.807, 2.05) is 6.92 Å². The SMILES string of the molecule is CCOc1nc(N)nc(OC)c1Br. The Kier molecular flexibility index (Phi) is 3.30. The molecule has 0 amide bonds. The third-order valence-electron chi connectivity index (χ3n) is 1.28. The third kappa shape index (κ3) is 2.21. The van der Waals surface area contributed by atoms with Crippen molar-refractivity contribution in [1.29, 1.82) is 0 Å². The van der Waals surface area contributed by atoms with Gasteiger partial charge in [-0.2, -0.15) is 9.97 Å². The zero-order valence-electron chi connectivity index (χ0n) is 7.37. The molecule has 0 saturated carbocycles. The van der Waals surface area contributed by atoms with Crippen molar-refractivity contribution in [3.8, 4) is 11.8 Å². The Balaban J connectivity index is 3.11. The van der Waals surface area contributed by atoms with Crippen LogP contribution in [0.1, 0.15) is 6.92 Å². The lowest BCUT2D eigenvalue weighted by atomic mass is 10.6. The van der Waals surface area contributed by atoms with Gasteiger partial charge in [-0.3, -0.25) is 0 Å². The molecule has 72 valence electrons. The fourth-order valence-electron chi connectivity index (χ4n) is 0.790. The molecule has 1 heterocycles. The Labute approximate surface area is 84.4 Å². The van der Waals surface area contributed by atoms with Crippen molar-refractivity contribution >= 4 is 21.9 Å². The maximum atomic E-state index is 5.43. The predicted octanol–water partition coefficient (Wildman–Crippen LogP) is 1.23. The monoisotopic (exact) mass is 247 g/mol. The second-order valence-electron chi connectivity index (χ2n) is 2.14. The highest BCUT2D eigenvalue weighted by atomic mass is 79.9. The first kappa shape index (κ1) is 10.0. The summed E-state index contributed by atoms with van der Waals surface area (Å²) in [6.45, 7) is 2.37. The molecular formula is C7H10BrN3O2. The molecular weight excluding hydrogens is 238 g/mol. The number of aromatic nitrogens is 2. The van der Waals surface area contributed by atoms with Crippen LogP contribution in [0.2, 0.25) is 0 Å². The van der Waals surface area contributed by atoms with Gasteiger partial charge in [0, 0.05) is 0 Å². The number of ether oxygens (including phenoxy) is 2. The summed E-state index contributed by atoms with van der Waals surface area (Å²) in [7, 11) is 1.50. The van der Waals surface area contributed by atoms with Crippen molar-refractivity contribution in [3.63, 3.8) is 0 Å². The smallest absolute Gasteiger partial charge is 0.236 e. The molecule has 0 bridgehead atoms. The summed E-state index contributed by atoms with van der Waals surface area (Å²) < 4.78 is 10.7. The first-order valence-electron chi connectivity index (χ1n) is 3.68. The van der Waals surface area contributed by atoms with Gasteiger partial charge in [-0.1, -0.05) is 0 Å². The molecule has 0 fully saturated rings. The molecule has 13 heavy (non-hydrogen) atoms. The van der Waals surface area contributed by atoms with E-state index in [0.717, 1.165) is 0 Å². The largest absolute Gasteiger partial charge is 0.480 e. The molecule has 0 unspecified atom stereocenters. The van der Waals surface area contributed by atoms with Crippen molar-refractivity contribution in [1.82, 2.24) is 9.97 Å². The Bertz CT molecular complexity index is 306. The number of nitrogens with two attached hydrogens (primary N) is 1. The summed E-state index contributed by atoms with van der Waals surface area (Å²) in [5.74, 6) is 0.895. The molecule has 2 N–H and O–H groups in total. The van der Waals surface area contributed by atoms with Crippen LogP contribution in [0.25, 0.3) is 0 Å². The van der Waals surface area contributed by atoms with Crippen LogP contribution in [0.15, 0.2) is 4.47 Å². The topological polar surface area (TPSA) is 70.3 Å². The number of nitrogen functional groups attached to an aromatic ring is 1. The van der Waals surface area contributed by atoms with Crippen LogP contribution in [-0.2, 0) is 0 Å². The number of hydrogen-bond acceptors (Lipinski definition) is 5. The van der Waals surface area contributed by atoms with Gasteiger partial charge in [0.25, 0.3) is 0 Å². The maximum Gasteiger partial charge on any atom is 0.236 e. The van der Waals surface area contributed by atoms with Gasteiger partial charge in [0.2, 0.25) is 17.7 Å². The van der Waals surface area contributed by atoms with Crippen LogP contribution in [0.4, 0.5) is 5.95 Å². The molecule has 0 spiro atoms. The Morgan fingerprint density at radius 2 is 2.00 bits per heavy atom. The lowest BCUT2D eigenvalue weighted by Crippen LogP contribution is -2.03. The van der Waals surface area contributed by atoms with Crippen LogP contribution >= 0.6 is 15.9 Å². The molecule has 6 heteroatoms. The fourth-order valence-corrected chi connectivity index (χ4v) is 1.24. The van der Waals surface area contributed by atoms with E-state index < -0.39 is 0 Å². The van der Waals surface area contributed by atoms with E-state index in [-0.39, 0.29) is 5.95 Å². The number of hydrogen-bond donors (Lipinski definition) is 1. The van der Waals surface area contributed by atoms with Crippen molar-refractivity contribution in [2.75, 3.05) is 19.5 Å². The zero-order valence-corrected chi connectivity index (χ0v) is 8.96. The third-order valence-corrected chi connectivity index (χ3v) is 1.96. The molecule has 0 atom stereocenters. The molecule has 0 radical (unpaired) electrons. The van der Waals surface area contributed by atoms with Crippen LogP contribution in [0, 0.1) is 0 Å². The summed E-state index contributed by atoms with van der Waals surface area (Å²) >= 11 is 3.25. The van der Waals surface area contributed by atoms with Gasteiger partial charge in [-0.15, -0.1) is 0 Å². The van der Waals surface area contributed by atoms with E-state index in [2.05, 4.69) is 25.9 Å². The molecule has 0 aromatic carbocycles. The Hall–Kier alpha value is -1.04. The predicted molar refractivity (Wildman–Crippen MR) is 51.9 cm³/mol. The van der Waals surface area contributed by atoms with E-state index in [1.54, 1.807) is 0 Å². The van der Waals surface area contributed by atoms with Gasteiger partial charge in [-0.25, -0.2) is 0 Å². The maximum absolute atomic E-state index is 5.43. The minimum atomic E-state index is 0.128. The first-order valence-corrected chi connectivity index (χ1v) is 4.48. The van der Waals surface area contributed by atoms with E-state index in [1.165, 1.54) is 7.11 Å². The summed E-state index contributed by atoms with van der Waals surface area (Å²) in [6, 6.07) is 0. The van der Waals surface area contributed by atoms with Gasteiger partial charge in [-0.05, 0) is 22.9 Å². The quantitative estimate of drug-likeness (QED) is 0.870. The van der Waals surface area contributed by atoms with Crippen LogP contribution in [-0.4, -0.2) is 23.7 Å². The van der Waals surface area contributed by atoms with Gasteiger partial charge >= 0.3 is 0 Å². The number of rotatable bonds is 3. The molecule has 1 aromatic rings. The first-order chi connectivity index (χ1) is 6.19. The average Bonchev–Trinajstić information content (AvgIpc) is 2.11. The number of methoxy groups -OCH3 is 1. The summed E-state index contributed by atoms with van der Waals surface area (Å²) in [6.07, 6.45) is 0. The normalized spacial score (nSPS) is 9.77. The molecule has 0 saturated heterocycles. The summed E-state index contributed by atoms with van der Waals surface area (Å²) in [5.41, 5.74) is 5.43. The second-order valence-corrected chi connectivity index (χ2v) is 2.94. The standard InChI is InChI=1S/C7H10BrN3O2/c1-3-13-6-4(8)5(12-2)10-7(9)11-6/h3H2,1-2H3,(H2,9,10,11). The molecule has 0 aliphatic carbocycles. The van der Waals surface area contributed by atoms with Gasteiger partial charge in [0.1, 0.15) is 4.47 Å². The van der Waals surface area contributed by atoms with E-state index >= 15 is 0 Å². The highest BCUT2D eigenvalue weighted by Gasteiger charge is 2.11. The van der Waals surface area contributed by atoms with E-state index in [4.69, 9.17) is 15.2 Å². The molecule has 5 nitrogen and oxygen atoms in total. The highest BCUT2D eigenvalue weighted by molar-refractivity contribution is 9.10. The highest BCUT2D eigenvalue weighted by Crippen LogP contribution is 2.31. The lowest BCUT2D eigenvalue weighted by Gasteiger charge is -2.07. The van der Waals surface area contributed by atoms with Crippen molar-refractivity contribution in [3.05, 3.63) is 4.47 Å². The van der Waals surface area contributed by atoms with Crippen molar-refractivity contribution < 1.29 is 9.47 Å². The molecule has 1 rings (SSSR count). The number of nitrogens with zero attached hydrogens (tertiary/aromatic N) is 2. The lowest BCUT2D eigenvalue weighted by molar-refractivity contribution is 0.317. The van der Waals surface area contributed by atoms with Crippen molar-refractivity contribution in [2.45, 2.75) is 6.92 Å². The number of anilines is 1. The summed E-state index contributed by atoms with van der Waals surface area (Å²) in [5, 5.41) is 0. The molecule has 0 aliphatic rings.